The molecule has 0 unspecified atom stereocenters. The van der Waals surface area contributed by atoms with Gasteiger partial charge in [-0.15, -0.1) is 0 Å². The lowest BCUT2D eigenvalue weighted by Crippen LogP contribution is -2.14. The van der Waals surface area contributed by atoms with Crippen LogP contribution in [0, 0.1) is 6.92 Å². The molecule has 1 aromatic heterocycles. The monoisotopic (exact) mass is 291 g/mol. The number of benzene rings is 1. The average Bonchev–Trinajstić information content (AvgIpc) is 2.34. The van der Waals surface area contributed by atoms with Crippen LogP contribution in [-0.4, -0.2) is 15.9 Å². The minimum absolute atomic E-state index is 0.190. The molecular formula is C12H10BrN3O. The Kier molecular flexibility index (Phi) is 3.49. The number of carbonyl (C=O) groups is 1. The molecule has 1 N–H and O–H groups in total. The third kappa shape index (κ3) is 2.68. The summed E-state index contributed by atoms with van der Waals surface area (Å²) in [4.78, 5) is 19.9. The van der Waals surface area contributed by atoms with E-state index in [2.05, 4.69) is 31.2 Å². The van der Waals surface area contributed by atoms with E-state index in [9.17, 15) is 4.79 Å². The fraction of sp³-hybridized carbons (Fsp3) is 0.0833. The van der Waals surface area contributed by atoms with E-state index in [0.29, 0.717) is 11.4 Å². The third-order valence-electron chi connectivity index (χ3n) is 2.32. The van der Waals surface area contributed by atoms with E-state index >= 15 is 0 Å². The zero-order valence-corrected chi connectivity index (χ0v) is 10.7. The van der Waals surface area contributed by atoms with Crippen molar-refractivity contribution in [3.8, 4) is 0 Å². The quantitative estimate of drug-likeness (QED) is 0.926. The molecule has 0 spiro atoms. The summed E-state index contributed by atoms with van der Waals surface area (Å²) < 4.78 is 0.907. The van der Waals surface area contributed by atoms with Crippen LogP contribution >= 0.6 is 15.9 Å². The second kappa shape index (κ2) is 5.05. The molecule has 0 aliphatic carbocycles. The first-order valence-electron chi connectivity index (χ1n) is 5.01. The lowest BCUT2D eigenvalue weighted by atomic mass is 10.1. The molecule has 1 amide bonds. The van der Waals surface area contributed by atoms with Crippen LogP contribution in [0.25, 0.3) is 0 Å². The van der Waals surface area contributed by atoms with Crippen LogP contribution in [0.5, 0.6) is 0 Å². The van der Waals surface area contributed by atoms with E-state index in [1.807, 2.05) is 19.1 Å². The molecule has 0 aliphatic rings. The van der Waals surface area contributed by atoms with Gasteiger partial charge in [-0.1, -0.05) is 22.0 Å². The number of aromatic nitrogens is 2. The van der Waals surface area contributed by atoms with Gasteiger partial charge in [0.15, 0.2) is 5.82 Å². The van der Waals surface area contributed by atoms with Gasteiger partial charge in [-0.05, 0) is 24.6 Å². The van der Waals surface area contributed by atoms with Crippen molar-refractivity contribution in [1.29, 1.82) is 0 Å². The Morgan fingerprint density at radius 2 is 2.18 bits per heavy atom. The number of carbonyl (C=O) groups excluding carboxylic acids is 1. The van der Waals surface area contributed by atoms with Gasteiger partial charge in [-0.3, -0.25) is 9.78 Å². The van der Waals surface area contributed by atoms with Gasteiger partial charge in [-0.2, -0.15) is 0 Å². The Morgan fingerprint density at radius 1 is 1.35 bits per heavy atom. The molecule has 5 heteroatoms. The summed E-state index contributed by atoms with van der Waals surface area (Å²) in [5, 5.41) is 2.69. The first kappa shape index (κ1) is 11.7. The summed E-state index contributed by atoms with van der Waals surface area (Å²) in [5.74, 6) is 0.251. The molecule has 0 bridgehead atoms. The number of nitrogens with one attached hydrogen (secondary N) is 1. The first-order valence-corrected chi connectivity index (χ1v) is 5.80. The Morgan fingerprint density at radius 3 is 2.88 bits per heavy atom. The molecule has 2 rings (SSSR count). The highest BCUT2D eigenvalue weighted by molar-refractivity contribution is 9.10. The molecular weight excluding hydrogens is 282 g/mol. The minimum atomic E-state index is -0.190. The van der Waals surface area contributed by atoms with E-state index in [-0.39, 0.29) is 5.91 Å². The van der Waals surface area contributed by atoms with Crippen molar-refractivity contribution in [3.63, 3.8) is 0 Å². The maximum absolute atomic E-state index is 12.0. The van der Waals surface area contributed by atoms with Gasteiger partial charge in [0.05, 0.1) is 6.20 Å². The van der Waals surface area contributed by atoms with Crippen LogP contribution < -0.4 is 5.32 Å². The number of amides is 1. The third-order valence-corrected chi connectivity index (χ3v) is 3.18. The molecule has 4 nitrogen and oxygen atoms in total. The van der Waals surface area contributed by atoms with E-state index < -0.39 is 0 Å². The first-order chi connectivity index (χ1) is 8.18. The molecule has 0 atom stereocenters. The summed E-state index contributed by atoms with van der Waals surface area (Å²) in [6, 6.07) is 5.49. The topological polar surface area (TPSA) is 54.9 Å². The van der Waals surface area contributed by atoms with Crippen LogP contribution in [0.15, 0.2) is 41.3 Å². The van der Waals surface area contributed by atoms with Crippen molar-refractivity contribution in [2.45, 2.75) is 6.92 Å². The highest BCUT2D eigenvalue weighted by atomic mass is 79.9. The van der Waals surface area contributed by atoms with Gasteiger partial charge < -0.3 is 5.32 Å². The molecule has 1 aromatic carbocycles. The molecule has 2 aromatic rings. The van der Waals surface area contributed by atoms with Gasteiger partial charge in [0.25, 0.3) is 5.91 Å². The van der Waals surface area contributed by atoms with Gasteiger partial charge in [0.1, 0.15) is 0 Å². The molecule has 0 aliphatic heterocycles. The predicted molar refractivity (Wildman–Crippen MR) is 68.9 cm³/mol. The zero-order valence-electron chi connectivity index (χ0n) is 9.14. The van der Waals surface area contributed by atoms with Gasteiger partial charge in [0, 0.05) is 22.4 Å². The zero-order chi connectivity index (χ0) is 12.3. The van der Waals surface area contributed by atoms with Crippen LogP contribution in [0.3, 0.4) is 0 Å². The van der Waals surface area contributed by atoms with Crippen molar-refractivity contribution in [3.05, 3.63) is 52.4 Å². The number of halogens is 1. The van der Waals surface area contributed by atoms with Crippen molar-refractivity contribution in [2.24, 2.45) is 0 Å². The maximum atomic E-state index is 12.0. The van der Waals surface area contributed by atoms with Crippen molar-refractivity contribution in [2.75, 3.05) is 5.32 Å². The minimum Gasteiger partial charge on any atom is -0.305 e. The fourth-order valence-electron chi connectivity index (χ4n) is 1.40. The molecule has 1 heterocycles. The molecule has 86 valence electrons. The van der Waals surface area contributed by atoms with Crippen LogP contribution in [0.2, 0.25) is 0 Å². The van der Waals surface area contributed by atoms with Gasteiger partial charge >= 0.3 is 0 Å². The van der Waals surface area contributed by atoms with Gasteiger partial charge in [-0.25, -0.2) is 4.98 Å². The summed E-state index contributed by atoms with van der Waals surface area (Å²) in [5.41, 5.74) is 1.51. The Labute approximate surface area is 107 Å². The van der Waals surface area contributed by atoms with Crippen LogP contribution in [-0.2, 0) is 0 Å². The van der Waals surface area contributed by atoms with Gasteiger partial charge in [0.2, 0.25) is 0 Å². The highest BCUT2D eigenvalue weighted by Gasteiger charge is 2.11. The van der Waals surface area contributed by atoms with Crippen LogP contribution in [0.4, 0.5) is 5.82 Å². The predicted octanol–water partition coefficient (Wildman–Crippen LogP) is 2.80. The average molecular weight is 292 g/mol. The SMILES string of the molecule is Cc1c(Br)cccc1C(=O)Nc1cnccn1. The second-order valence-corrected chi connectivity index (χ2v) is 4.31. The van der Waals surface area contributed by atoms with E-state index in [1.165, 1.54) is 12.4 Å². The Hall–Kier alpha value is -1.75. The number of hydrogen-bond acceptors (Lipinski definition) is 3. The molecule has 0 fully saturated rings. The fourth-order valence-corrected chi connectivity index (χ4v) is 1.77. The van der Waals surface area contributed by atoms with Crippen molar-refractivity contribution < 1.29 is 4.79 Å². The highest BCUT2D eigenvalue weighted by Crippen LogP contribution is 2.20. The normalized spacial score (nSPS) is 10.0. The number of anilines is 1. The second-order valence-electron chi connectivity index (χ2n) is 3.46. The number of nitrogens with zero attached hydrogens (tertiary/aromatic N) is 2. The van der Waals surface area contributed by atoms with E-state index in [1.54, 1.807) is 12.3 Å². The van der Waals surface area contributed by atoms with E-state index in [4.69, 9.17) is 0 Å². The maximum Gasteiger partial charge on any atom is 0.257 e. The smallest absolute Gasteiger partial charge is 0.257 e. The largest absolute Gasteiger partial charge is 0.305 e. The Balaban J connectivity index is 2.24. The van der Waals surface area contributed by atoms with E-state index in [0.717, 1.165) is 10.0 Å². The summed E-state index contributed by atoms with van der Waals surface area (Å²) in [7, 11) is 0. The van der Waals surface area contributed by atoms with Crippen molar-refractivity contribution >= 4 is 27.7 Å². The molecule has 0 radical (unpaired) electrons. The molecule has 0 saturated heterocycles. The molecule has 0 saturated carbocycles. The van der Waals surface area contributed by atoms with Crippen LogP contribution in [0.1, 0.15) is 15.9 Å². The molecule has 17 heavy (non-hydrogen) atoms. The lowest BCUT2D eigenvalue weighted by Gasteiger charge is -2.07. The lowest BCUT2D eigenvalue weighted by molar-refractivity contribution is 0.102. The van der Waals surface area contributed by atoms with Crippen molar-refractivity contribution in [1.82, 2.24) is 9.97 Å². The summed E-state index contributed by atoms with van der Waals surface area (Å²) >= 11 is 3.39. The number of rotatable bonds is 2. The standard InChI is InChI=1S/C12H10BrN3O/c1-8-9(3-2-4-10(8)13)12(17)16-11-7-14-5-6-15-11/h2-7H,1H3,(H,15,16,17). The number of hydrogen-bond donors (Lipinski definition) is 1. The summed E-state index contributed by atoms with van der Waals surface area (Å²) in [6.45, 7) is 1.88. The Bertz CT molecular complexity index is 543. The summed E-state index contributed by atoms with van der Waals surface area (Å²) in [6.07, 6.45) is 4.59.